The molecule has 110 valence electrons. The molecule has 0 radical (unpaired) electrons. The van der Waals surface area contributed by atoms with Gasteiger partial charge in [-0.2, -0.15) is 0 Å². The van der Waals surface area contributed by atoms with Crippen molar-refractivity contribution in [3.8, 4) is 0 Å². The number of carbonyl (C=O) groups excluding carboxylic acids is 1. The first-order chi connectivity index (χ1) is 9.72. The third kappa shape index (κ3) is 3.97. The largest absolute Gasteiger partial charge is 0.335 e. The number of nitrogens with one attached hydrogen (secondary N) is 3. The van der Waals surface area contributed by atoms with Crippen molar-refractivity contribution in [1.29, 1.82) is 0 Å². The van der Waals surface area contributed by atoms with Crippen molar-refractivity contribution in [3.63, 3.8) is 0 Å². The van der Waals surface area contributed by atoms with Gasteiger partial charge in [0.05, 0.1) is 0 Å². The molecule has 3 N–H and O–H groups in total. The molecular formula is C16H25N3O. The minimum absolute atomic E-state index is 0.0658. The Labute approximate surface area is 121 Å². The topological polar surface area (TPSA) is 53.2 Å². The standard InChI is InChI=1S/C16H25N3O/c1-3-5-15(4-2)19-16(20)18-9-12-6-7-13-10-17-11-14(13)8-12/h6-8,15,17H,3-5,9-11H2,1-2H3,(H2,18,19,20). The van der Waals surface area contributed by atoms with E-state index in [1.165, 1.54) is 11.1 Å². The van der Waals surface area contributed by atoms with Crippen LogP contribution in [0, 0.1) is 0 Å². The van der Waals surface area contributed by atoms with Crippen LogP contribution in [0.25, 0.3) is 0 Å². The summed E-state index contributed by atoms with van der Waals surface area (Å²) in [7, 11) is 0. The van der Waals surface area contributed by atoms with E-state index in [2.05, 4.69) is 48.0 Å². The van der Waals surface area contributed by atoms with Crippen molar-refractivity contribution in [2.75, 3.05) is 0 Å². The predicted octanol–water partition coefficient (Wildman–Crippen LogP) is 2.67. The molecule has 1 aliphatic heterocycles. The van der Waals surface area contributed by atoms with Crippen LogP contribution < -0.4 is 16.0 Å². The molecule has 0 fully saturated rings. The molecule has 0 aromatic heterocycles. The molecule has 0 saturated carbocycles. The average Bonchev–Trinajstić information content (AvgIpc) is 2.92. The van der Waals surface area contributed by atoms with Gasteiger partial charge in [-0.15, -0.1) is 0 Å². The van der Waals surface area contributed by atoms with Gasteiger partial charge in [0.2, 0.25) is 0 Å². The molecular weight excluding hydrogens is 250 g/mol. The molecule has 0 aliphatic carbocycles. The lowest BCUT2D eigenvalue weighted by Gasteiger charge is -2.16. The molecule has 1 heterocycles. The zero-order valence-electron chi connectivity index (χ0n) is 12.5. The van der Waals surface area contributed by atoms with Crippen molar-refractivity contribution < 1.29 is 4.79 Å². The highest BCUT2D eigenvalue weighted by molar-refractivity contribution is 5.74. The van der Waals surface area contributed by atoms with Crippen molar-refractivity contribution in [1.82, 2.24) is 16.0 Å². The van der Waals surface area contributed by atoms with Crippen LogP contribution in [0.4, 0.5) is 4.79 Å². The van der Waals surface area contributed by atoms with Crippen LogP contribution in [0.1, 0.15) is 49.8 Å². The van der Waals surface area contributed by atoms with Crippen molar-refractivity contribution in [2.45, 2.75) is 58.8 Å². The Kier molecular flexibility index (Phi) is 5.41. The molecule has 1 unspecified atom stereocenters. The van der Waals surface area contributed by atoms with E-state index in [-0.39, 0.29) is 12.1 Å². The van der Waals surface area contributed by atoms with E-state index < -0.39 is 0 Å². The van der Waals surface area contributed by atoms with E-state index in [0.29, 0.717) is 6.54 Å². The first kappa shape index (κ1) is 14.9. The molecule has 0 saturated heterocycles. The molecule has 4 heteroatoms. The second kappa shape index (κ2) is 7.29. The van der Waals surface area contributed by atoms with Crippen molar-refractivity contribution in [3.05, 3.63) is 34.9 Å². The van der Waals surface area contributed by atoms with Gasteiger partial charge in [0.25, 0.3) is 0 Å². The Morgan fingerprint density at radius 1 is 1.30 bits per heavy atom. The SMILES string of the molecule is CCCC(CC)NC(=O)NCc1ccc2c(c1)CNC2. The third-order valence-electron chi connectivity index (χ3n) is 3.82. The number of carbonyl (C=O) groups is 1. The van der Waals surface area contributed by atoms with Gasteiger partial charge in [0, 0.05) is 25.7 Å². The van der Waals surface area contributed by atoms with Gasteiger partial charge in [0.15, 0.2) is 0 Å². The van der Waals surface area contributed by atoms with E-state index in [4.69, 9.17) is 0 Å². The van der Waals surface area contributed by atoms with E-state index in [9.17, 15) is 4.79 Å². The maximum absolute atomic E-state index is 11.9. The Morgan fingerprint density at radius 2 is 2.10 bits per heavy atom. The Morgan fingerprint density at radius 3 is 2.85 bits per heavy atom. The fourth-order valence-electron chi connectivity index (χ4n) is 2.60. The summed E-state index contributed by atoms with van der Waals surface area (Å²) in [5, 5.41) is 9.30. The average molecular weight is 275 g/mol. The number of rotatable bonds is 6. The lowest BCUT2D eigenvalue weighted by atomic mass is 10.1. The lowest BCUT2D eigenvalue weighted by Crippen LogP contribution is -2.41. The molecule has 2 amide bonds. The van der Waals surface area contributed by atoms with E-state index in [0.717, 1.165) is 37.9 Å². The van der Waals surface area contributed by atoms with Gasteiger partial charge in [-0.3, -0.25) is 0 Å². The summed E-state index contributed by atoms with van der Waals surface area (Å²) in [5.74, 6) is 0. The molecule has 1 aromatic rings. The monoisotopic (exact) mass is 275 g/mol. The summed E-state index contributed by atoms with van der Waals surface area (Å²) < 4.78 is 0. The summed E-state index contributed by atoms with van der Waals surface area (Å²) >= 11 is 0. The Bertz CT molecular complexity index is 459. The number of amides is 2. The molecule has 1 atom stereocenters. The predicted molar refractivity (Wildman–Crippen MR) is 81.3 cm³/mol. The van der Waals surface area contributed by atoms with E-state index in [1.54, 1.807) is 0 Å². The molecule has 4 nitrogen and oxygen atoms in total. The fourth-order valence-corrected chi connectivity index (χ4v) is 2.60. The summed E-state index contributed by atoms with van der Waals surface area (Å²) in [6, 6.07) is 6.64. The maximum Gasteiger partial charge on any atom is 0.315 e. The van der Waals surface area contributed by atoms with Crippen LogP contribution in [0.5, 0.6) is 0 Å². The van der Waals surface area contributed by atoms with Crippen LogP contribution >= 0.6 is 0 Å². The van der Waals surface area contributed by atoms with E-state index in [1.807, 2.05) is 0 Å². The number of fused-ring (bicyclic) bond motifs is 1. The highest BCUT2D eigenvalue weighted by Gasteiger charge is 2.11. The van der Waals surface area contributed by atoms with Crippen molar-refractivity contribution in [2.24, 2.45) is 0 Å². The minimum Gasteiger partial charge on any atom is -0.335 e. The van der Waals surface area contributed by atoms with Crippen LogP contribution in [0.15, 0.2) is 18.2 Å². The lowest BCUT2D eigenvalue weighted by molar-refractivity contribution is 0.235. The van der Waals surface area contributed by atoms with Gasteiger partial charge < -0.3 is 16.0 Å². The summed E-state index contributed by atoms with van der Waals surface area (Å²) in [4.78, 5) is 11.9. The molecule has 0 bridgehead atoms. The summed E-state index contributed by atoms with van der Waals surface area (Å²) in [6.45, 7) is 6.72. The molecule has 0 spiro atoms. The highest BCUT2D eigenvalue weighted by Crippen LogP contribution is 2.16. The minimum atomic E-state index is -0.0658. The molecule has 20 heavy (non-hydrogen) atoms. The number of benzene rings is 1. The van der Waals surface area contributed by atoms with Crippen LogP contribution in [0.3, 0.4) is 0 Å². The van der Waals surface area contributed by atoms with E-state index >= 15 is 0 Å². The quantitative estimate of drug-likeness (QED) is 0.747. The molecule has 1 aromatic carbocycles. The second-order valence-corrected chi connectivity index (χ2v) is 5.43. The summed E-state index contributed by atoms with van der Waals surface area (Å²) in [6.07, 6.45) is 3.11. The molecule has 2 rings (SSSR count). The van der Waals surface area contributed by atoms with Gasteiger partial charge in [-0.1, -0.05) is 38.5 Å². The Hall–Kier alpha value is -1.55. The maximum atomic E-state index is 11.9. The number of hydrogen-bond donors (Lipinski definition) is 3. The first-order valence-electron chi connectivity index (χ1n) is 7.58. The third-order valence-corrected chi connectivity index (χ3v) is 3.82. The smallest absolute Gasteiger partial charge is 0.315 e. The van der Waals surface area contributed by atoms with Gasteiger partial charge in [0.1, 0.15) is 0 Å². The zero-order valence-corrected chi connectivity index (χ0v) is 12.5. The van der Waals surface area contributed by atoms with Crippen LogP contribution in [-0.4, -0.2) is 12.1 Å². The molecule has 1 aliphatic rings. The second-order valence-electron chi connectivity index (χ2n) is 5.43. The number of urea groups is 1. The zero-order chi connectivity index (χ0) is 14.4. The fraction of sp³-hybridized carbons (Fsp3) is 0.562. The Balaban J connectivity index is 1.81. The van der Waals surface area contributed by atoms with Gasteiger partial charge in [-0.05, 0) is 29.5 Å². The van der Waals surface area contributed by atoms with Gasteiger partial charge in [-0.25, -0.2) is 4.79 Å². The van der Waals surface area contributed by atoms with Crippen molar-refractivity contribution >= 4 is 6.03 Å². The summed E-state index contributed by atoms with van der Waals surface area (Å²) in [5.41, 5.74) is 3.88. The number of hydrogen-bond acceptors (Lipinski definition) is 2. The highest BCUT2D eigenvalue weighted by atomic mass is 16.2. The van der Waals surface area contributed by atoms with Crippen LogP contribution in [0.2, 0.25) is 0 Å². The van der Waals surface area contributed by atoms with Gasteiger partial charge >= 0.3 is 6.03 Å². The van der Waals surface area contributed by atoms with Crippen LogP contribution in [-0.2, 0) is 19.6 Å². The normalized spacial score (nSPS) is 14.7. The first-order valence-corrected chi connectivity index (χ1v) is 7.58.